The Balaban J connectivity index is 0.995. The van der Waals surface area contributed by atoms with Gasteiger partial charge in [0, 0.05) is 54.7 Å². The van der Waals surface area contributed by atoms with Crippen LogP contribution in [0.3, 0.4) is 0 Å². The van der Waals surface area contributed by atoms with Gasteiger partial charge in [0.25, 0.3) is 0 Å². The van der Waals surface area contributed by atoms with E-state index in [2.05, 4.69) is 233 Å². The zero-order valence-corrected chi connectivity index (χ0v) is 35.2. The minimum absolute atomic E-state index is 0.0271. The van der Waals surface area contributed by atoms with Crippen LogP contribution in [0.15, 0.2) is 182 Å². The molecule has 290 valence electrons. The SMILES string of the molecule is CC(C)(C)n1c2ccccc2c2cc(-c3ccc(-c4c5ccccc5c(-c5ccc(-c6ccc7c(c6)c6ccccc6n7C(C)(C)C)cc5)c5ccccc45)cc3)ccc21. The van der Waals surface area contributed by atoms with E-state index in [0.717, 1.165) is 0 Å². The minimum Gasteiger partial charge on any atom is -0.335 e. The molecule has 0 aliphatic carbocycles. The Kier molecular flexibility index (Phi) is 8.03. The largest absolute Gasteiger partial charge is 0.335 e. The smallest absolute Gasteiger partial charge is 0.0496 e. The standard InChI is InChI=1S/C58H48N2/c1-57(2,3)59-51-21-13-11-15-43(51)49-35-41(31-33-53(49)59)37-23-27-39(28-24-37)55-45-17-7-9-19-47(45)56(48-20-10-8-18-46(48)55)40-29-25-38(26-30-40)42-32-34-54-50(36-42)44-16-12-14-22-52(44)60(54)58(4,5)6/h7-36H,1-6H3. The predicted molar refractivity (Wildman–Crippen MR) is 259 cm³/mol. The highest BCUT2D eigenvalue weighted by Gasteiger charge is 2.23. The van der Waals surface area contributed by atoms with E-state index < -0.39 is 0 Å². The Labute approximate surface area is 352 Å². The first-order valence-corrected chi connectivity index (χ1v) is 21.3. The first-order valence-electron chi connectivity index (χ1n) is 21.3. The van der Waals surface area contributed by atoms with E-state index in [0.29, 0.717) is 0 Å². The van der Waals surface area contributed by atoms with Crippen molar-refractivity contribution in [1.82, 2.24) is 9.13 Å². The van der Waals surface area contributed by atoms with E-state index in [9.17, 15) is 0 Å². The fourth-order valence-electron chi connectivity index (χ4n) is 10.2. The third-order valence-corrected chi connectivity index (χ3v) is 12.6. The van der Waals surface area contributed by atoms with Crippen molar-refractivity contribution in [2.45, 2.75) is 52.6 Å². The van der Waals surface area contributed by atoms with Crippen LogP contribution in [0.25, 0.3) is 110 Å². The summed E-state index contributed by atoms with van der Waals surface area (Å²) in [5.74, 6) is 0. The van der Waals surface area contributed by atoms with E-state index in [-0.39, 0.29) is 11.1 Å². The van der Waals surface area contributed by atoms with Gasteiger partial charge < -0.3 is 9.13 Å². The van der Waals surface area contributed by atoms with Gasteiger partial charge >= 0.3 is 0 Å². The second-order valence-electron chi connectivity index (χ2n) is 18.5. The maximum absolute atomic E-state index is 2.48. The van der Waals surface area contributed by atoms with Gasteiger partial charge in [0.2, 0.25) is 0 Å². The number of hydrogen-bond acceptors (Lipinski definition) is 0. The fraction of sp³-hybridized carbons (Fsp3) is 0.138. The van der Waals surface area contributed by atoms with Crippen molar-refractivity contribution in [3.8, 4) is 44.5 Å². The van der Waals surface area contributed by atoms with Crippen molar-refractivity contribution in [1.29, 1.82) is 0 Å². The molecule has 0 unspecified atom stereocenters. The van der Waals surface area contributed by atoms with Gasteiger partial charge in [-0.05, 0) is 144 Å². The molecule has 2 heteroatoms. The van der Waals surface area contributed by atoms with Crippen LogP contribution >= 0.6 is 0 Å². The second-order valence-corrected chi connectivity index (χ2v) is 18.5. The Morgan fingerprint density at radius 3 is 0.850 bits per heavy atom. The quantitative estimate of drug-likeness (QED) is 0.158. The van der Waals surface area contributed by atoms with Gasteiger partial charge in [-0.25, -0.2) is 0 Å². The van der Waals surface area contributed by atoms with Crippen molar-refractivity contribution >= 4 is 65.2 Å². The lowest BCUT2D eigenvalue weighted by Gasteiger charge is -2.24. The third kappa shape index (κ3) is 5.62. The topological polar surface area (TPSA) is 9.86 Å². The summed E-state index contributed by atoms with van der Waals surface area (Å²) in [7, 11) is 0. The van der Waals surface area contributed by atoms with E-state index in [1.807, 2.05) is 0 Å². The van der Waals surface area contributed by atoms with Crippen LogP contribution in [-0.2, 0) is 11.1 Å². The summed E-state index contributed by atoms with van der Waals surface area (Å²) < 4.78 is 4.96. The summed E-state index contributed by atoms with van der Waals surface area (Å²) in [6.07, 6.45) is 0. The molecule has 0 saturated carbocycles. The van der Waals surface area contributed by atoms with E-state index >= 15 is 0 Å². The Hall–Kier alpha value is -6.90. The molecule has 11 aromatic rings. The molecule has 0 N–H and O–H groups in total. The van der Waals surface area contributed by atoms with Crippen LogP contribution in [0.1, 0.15) is 41.5 Å². The highest BCUT2D eigenvalue weighted by molar-refractivity contribution is 6.21. The number of para-hydroxylation sites is 2. The molecule has 0 atom stereocenters. The molecule has 0 aliphatic heterocycles. The number of benzene rings is 9. The molecular weight excluding hydrogens is 725 g/mol. The molecule has 9 aromatic carbocycles. The normalized spacial score (nSPS) is 12.5. The third-order valence-electron chi connectivity index (χ3n) is 12.6. The van der Waals surface area contributed by atoms with Crippen LogP contribution in [0.5, 0.6) is 0 Å². The molecule has 11 rings (SSSR count). The van der Waals surface area contributed by atoms with Crippen molar-refractivity contribution in [2.75, 3.05) is 0 Å². The predicted octanol–water partition coefficient (Wildman–Crippen LogP) is 16.4. The lowest BCUT2D eigenvalue weighted by molar-refractivity contribution is 0.423. The number of rotatable bonds is 4. The molecule has 0 saturated heterocycles. The monoisotopic (exact) mass is 772 g/mol. The van der Waals surface area contributed by atoms with Crippen LogP contribution < -0.4 is 0 Å². The van der Waals surface area contributed by atoms with Crippen LogP contribution in [0.4, 0.5) is 0 Å². The maximum Gasteiger partial charge on any atom is 0.0496 e. The van der Waals surface area contributed by atoms with Crippen molar-refractivity contribution < 1.29 is 0 Å². The average molecular weight is 773 g/mol. The molecule has 0 fully saturated rings. The Bertz CT molecular complexity index is 3180. The molecule has 2 aromatic heterocycles. The van der Waals surface area contributed by atoms with Crippen molar-refractivity contribution in [3.05, 3.63) is 182 Å². The molecule has 2 heterocycles. The first kappa shape index (κ1) is 36.2. The second kappa shape index (κ2) is 13.3. The van der Waals surface area contributed by atoms with Gasteiger partial charge in [-0.3, -0.25) is 0 Å². The van der Waals surface area contributed by atoms with Crippen molar-refractivity contribution in [3.63, 3.8) is 0 Å². The Morgan fingerprint density at radius 2 is 0.517 bits per heavy atom. The number of aromatic nitrogens is 2. The van der Waals surface area contributed by atoms with Gasteiger partial charge in [0.15, 0.2) is 0 Å². The van der Waals surface area contributed by atoms with E-state index in [1.165, 1.54) is 110 Å². The highest BCUT2D eigenvalue weighted by atomic mass is 15.1. The zero-order chi connectivity index (χ0) is 40.9. The molecular formula is C58H48N2. The minimum atomic E-state index is -0.0271. The molecule has 0 amide bonds. The van der Waals surface area contributed by atoms with Gasteiger partial charge in [-0.1, -0.05) is 146 Å². The summed E-state index contributed by atoms with van der Waals surface area (Å²) in [5.41, 5.74) is 15.0. The number of nitrogens with zero attached hydrogens (tertiary/aromatic N) is 2. The number of hydrogen-bond donors (Lipinski definition) is 0. The molecule has 0 aliphatic rings. The van der Waals surface area contributed by atoms with Gasteiger partial charge in [-0.15, -0.1) is 0 Å². The number of fused-ring (bicyclic) bond motifs is 8. The molecule has 2 nitrogen and oxygen atoms in total. The summed E-state index contributed by atoms with van der Waals surface area (Å²) in [6, 6.07) is 67.9. The lowest BCUT2D eigenvalue weighted by atomic mass is 9.85. The van der Waals surface area contributed by atoms with Crippen molar-refractivity contribution in [2.24, 2.45) is 0 Å². The van der Waals surface area contributed by atoms with Gasteiger partial charge in [-0.2, -0.15) is 0 Å². The van der Waals surface area contributed by atoms with E-state index in [4.69, 9.17) is 0 Å². The first-order chi connectivity index (χ1) is 29.0. The summed E-state index contributed by atoms with van der Waals surface area (Å²) in [6.45, 7) is 13.7. The average Bonchev–Trinajstić information content (AvgIpc) is 3.79. The fourth-order valence-corrected chi connectivity index (χ4v) is 10.2. The highest BCUT2D eigenvalue weighted by Crippen LogP contribution is 2.45. The van der Waals surface area contributed by atoms with E-state index in [1.54, 1.807) is 0 Å². The Morgan fingerprint density at radius 1 is 0.250 bits per heavy atom. The van der Waals surface area contributed by atoms with Crippen LogP contribution in [0, 0.1) is 0 Å². The molecule has 0 radical (unpaired) electrons. The van der Waals surface area contributed by atoms with Gasteiger partial charge in [0.1, 0.15) is 0 Å². The van der Waals surface area contributed by atoms with Gasteiger partial charge in [0.05, 0.1) is 0 Å². The zero-order valence-electron chi connectivity index (χ0n) is 35.2. The summed E-state index contributed by atoms with van der Waals surface area (Å²) in [5, 5.41) is 10.3. The molecule has 0 spiro atoms. The summed E-state index contributed by atoms with van der Waals surface area (Å²) >= 11 is 0. The van der Waals surface area contributed by atoms with Crippen LogP contribution in [0.2, 0.25) is 0 Å². The summed E-state index contributed by atoms with van der Waals surface area (Å²) in [4.78, 5) is 0. The maximum atomic E-state index is 2.48. The molecule has 0 bridgehead atoms. The lowest BCUT2D eigenvalue weighted by Crippen LogP contribution is -2.21. The molecule has 60 heavy (non-hydrogen) atoms. The van der Waals surface area contributed by atoms with Crippen LogP contribution in [-0.4, -0.2) is 9.13 Å².